The first-order valence-corrected chi connectivity index (χ1v) is 7.25. The summed E-state index contributed by atoms with van der Waals surface area (Å²) < 4.78 is 5.46. The third-order valence-corrected chi connectivity index (χ3v) is 4.29. The summed E-state index contributed by atoms with van der Waals surface area (Å²) in [4.78, 5) is 13.8. The van der Waals surface area contributed by atoms with Gasteiger partial charge in [-0.3, -0.25) is 9.69 Å². The SMILES string of the molecule is COc1cccc(C(C(=O)O)N2CC(C)C2)c1C1CC1. The molecular formula is C16H21NO3. The van der Waals surface area contributed by atoms with Crippen LogP contribution >= 0.6 is 0 Å². The highest BCUT2D eigenvalue weighted by atomic mass is 16.5. The number of nitrogens with zero attached hydrogens (tertiary/aromatic N) is 1. The van der Waals surface area contributed by atoms with Crippen LogP contribution in [0.2, 0.25) is 0 Å². The average molecular weight is 275 g/mol. The van der Waals surface area contributed by atoms with Gasteiger partial charge in [0.2, 0.25) is 0 Å². The molecule has 3 rings (SSSR count). The Kier molecular flexibility index (Phi) is 3.42. The van der Waals surface area contributed by atoms with Crippen LogP contribution in [-0.4, -0.2) is 36.2 Å². The molecule has 1 aliphatic carbocycles. The van der Waals surface area contributed by atoms with Crippen LogP contribution in [0.15, 0.2) is 18.2 Å². The molecule has 1 N–H and O–H groups in total. The van der Waals surface area contributed by atoms with E-state index < -0.39 is 12.0 Å². The maximum Gasteiger partial charge on any atom is 0.325 e. The van der Waals surface area contributed by atoms with Gasteiger partial charge in [-0.2, -0.15) is 0 Å². The van der Waals surface area contributed by atoms with Crippen LogP contribution in [-0.2, 0) is 4.79 Å². The maximum atomic E-state index is 11.8. The summed E-state index contributed by atoms with van der Waals surface area (Å²) in [7, 11) is 1.66. The van der Waals surface area contributed by atoms with E-state index in [1.807, 2.05) is 23.1 Å². The van der Waals surface area contributed by atoms with Crippen molar-refractivity contribution in [3.8, 4) is 5.75 Å². The van der Waals surface area contributed by atoms with Gasteiger partial charge >= 0.3 is 5.97 Å². The van der Waals surface area contributed by atoms with E-state index in [9.17, 15) is 9.90 Å². The zero-order chi connectivity index (χ0) is 14.3. The summed E-state index contributed by atoms with van der Waals surface area (Å²) in [5, 5.41) is 9.66. The Morgan fingerprint density at radius 3 is 2.60 bits per heavy atom. The molecule has 4 heteroatoms. The predicted molar refractivity (Wildman–Crippen MR) is 76.1 cm³/mol. The first kappa shape index (κ1) is 13.4. The van der Waals surface area contributed by atoms with E-state index in [2.05, 4.69) is 6.92 Å². The number of benzene rings is 1. The van der Waals surface area contributed by atoms with Gasteiger partial charge in [0.15, 0.2) is 0 Å². The number of likely N-dealkylation sites (tertiary alicyclic amines) is 1. The number of carboxylic acids is 1. The van der Waals surface area contributed by atoms with Crippen molar-refractivity contribution < 1.29 is 14.6 Å². The standard InChI is InChI=1S/C16H21NO3/c1-10-8-17(9-10)15(16(18)19)12-4-3-5-13(20-2)14(12)11-6-7-11/h3-5,10-11,15H,6-9H2,1-2H3,(H,18,19). The van der Waals surface area contributed by atoms with Crippen molar-refractivity contribution in [1.29, 1.82) is 0 Å². The van der Waals surface area contributed by atoms with Crippen molar-refractivity contribution in [2.45, 2.75) is 31.7 Å². The Bertz CT molecular complexity index is 518. The number of hydrogen-bond acceptors (Lipinski definition) is 3. The molecule has 2 fully saturated rings. The fourth-order valence-electron chi connectivity index (χ4n) is 3.23. The molecule has 1 atom stereocenters. The van der Waals surface area contributed by atoms with E-state index in [0.717, 1.165) is 42.8 Å². The number of rotatable bonds is 5. The lowest BCUT2D eigenvalue weighted by atomic mass is 9.91. The van der Waals surface area contributed by atoms with E-state index in [4.69, 9.17) is 4.74 Å². The number of ether oxygens (including phenoxy) is 1. The smallest absolute Gasteiger partial charge is 0.325 e. The summed E-state index contributed by atoms with van der Waals surface area (Å²) in [6, 6.07) is 5.27. The molecule has 0 spiro atoms. The second-order valence-corrected chi connectivity index (χ2v) is 6.04. The van der Waals surface area contributed by atoms with Crippen LogP contribution in [0, 0.1) is 5.92 Å². The molecule has 0 radical (unpaired) electrons. The van der Waals surface area contributed by atoms with Gasteiger partial charge < -0.3 is 9.84 Å². The van der Waals surface area contributed by atoms with E-state index in [1.54, 1.807) is 7.11 Å². The van der Waals surface area contributed by atoms with Crippen LogP contribution in [0.3, 0.4) is 0 Å². The third-order valence-electron chi connectivity index (χ3n) is 4.29. The average Bonchev–Trinajstić information content (AvgIpc) is 3.20. The first-order chi connectivity index (χ1) is 9.61. The normalized spacial score (nSPS) is 21.3. The molecule has 108 valence electrons. The molecule has 1 heterocycles. The minimum atomic E-state index is -0.757. The molecule has 0 aromatic heterocycles. The second-order valence-electron chi connectivity index (χ2n) is 6.04. The van der Waals surface area contributed by atoms with Crippen molar-refractivity contribution in [2.75, 3.05) is 20.2 Å². The molecule has 2 aliphatic rings. The minimum Gasteiger partial charge on any atom is -0.496 e. The minimum absolute atomic E-state index is 0.474. The quantitative estimate of drug-likeness (QED) is 0.897. The second kappa shape index (κ2) is 5.09. The zero-order valence-electron chi connectivity index (χ0n) is 12.0. The van der Waals surface area contributed by atoms with Crippen LogP contribution in [0.1, 0.15) is 42.9 Å². The van der Waals surface area contributed by atoms with Crippen LogP contribution in [0.5, 0.6) is 5.75 Å². The highest BCUT2D eigenvalue weighted by Crippen LogP contribution is 2.48. The number of carboxylic acid groups (broad SMARTS) is 1. The molecule has 20 heavy (non-hydrogen) atoms. The van der Waals surface area contributed by atoms with E-state index in [0.29, 0.717) is 11.8 Å². The van der Waals surface area contributed by atoms with Crippen molar-refractivity contribution in [2.24, 2.45) is 5.92 Å². The summed E-state index contributed by atoms with van der Waals surface area (Å²) in [6.45, 7) is 3.87. The molecule has 1 saturated carbocycles. The summed E-state index contributed by atoms with van der Waals surface area (Å²) in [6.07, 6.45) is 2.27. The lowest BCUT2D eigenvalue weighted by molar-refractivity contribution is -0.146. The van der Waals surface area contributed by atoms with Gasteiger partial charge in [-0.1, -0.05) is 19.1 Å². The van der Waals surface area contributed by atoms with Crippen LogP contribution in [0.4, 0.5) is 0 Å². The van der Waals surface area contributed by atoms with Crippen molar-refractivity contribution in [1.82, 2.24) is 4.90 Å². The van der Waals surface area contributed by atoms with Crippen molar-refractivity contribution >= 4 is 5.97 Å². The third kappa shape index (κ3) is 2.29. The number of hydrogen-bond donors (Lipinski definition) is 1. The van der Waals surface area contributed by atoms with Gasteiger partial charge in [-0.05, 0) is 36.3 Å². The molecule has 1 aromatic rings. The summed E-state index contributed by atoms with van der Waals surface area (Å²) in [5.41, 5.74) is 2.04. The summed E-state index contributed by atoms with van der Waals surface area (Å²) >= 11 is 0. The highest BCUT2D eigenvalue weighted by molar-refractivity contribution is 5.77. The number of carbonyl (C=O) groups is 1. The zero-order valence-corrected chi connectivity index (χ0v) is 12.0. The van der Waals surface area contributed by atoms with Crippen LogP contribution < -0.4 is 4.74 Å². The molecule has 1 aromatic carbocycles. The van der Waals surface area contributed by atoms with E-state index >= 15 is 0 Å². The lowest BCUT2D eigenvalue weighted by Crippen LogP contribution is -2.49. The first-order valence-electron chi connectivity index (χ1n) is 7.25. The van der Waals surface area contributed by atoms with Crippen molar-refractivity contribution in [3.63, 3.8) is 0 Å². The van der Waals surface area contributed by atoms with Gasteiger partial charge in [-0.15, -0.1) is 0 Å². The van der Waals surface area contributed by atoms with Gasteiger partial charge in [-0.25, -0.2) is 0 Å². The molecule has 1 saturated heterocycles. The van der Waals surface area contributed by atoms with Crippen molar-refractivity contribution in [3.05, 3.63) is 29.3 Å². The van der Waals surface area contributed by atoms with Crippen LogP contribution in [0.25, 0.3) is 0 Å². The highest BCUT2D eigenvalue weighted by Gasteiger charge is 2.39. The Morgan fingerprint density at radius 2 is 2.10 bits per heavy atom. The van der Waals surface area contributed by atoms with Gasteiger partial charge in [0.25, 0.3) is 0 Å². The molecule has 0 amide bonds. The van der Waals surface area contributed by atoms with Gasteiger partial charge in [0.1, 0.15) is 11.8 Å². The molecular weight excluding hydrogens is 254 g/mol. The fraction of sp³-hybridized carbons (Fsp3) is 0.562. The largest absolute Gasteiger partial charge is 0.496 e. The number of aliphatic carboxylic acids is 1. The summed E-state index contributed by atoms with van der Waals surface area (Å²) in [5.74, 6) is 1.14. The number of methoxy groups -OCH3 is 1. The molecule has 1 aliphatic heterocycles. The molecule has 4 nitrogen and oxygen atoms in total. The monoisotopic (exact) mass is 275 g/mol. The maximum absolute atomic E-state index is 11.8. The topological polar surface area (TPSA) is 49.8 Å². The Balaban J connectivity index is 2.00. The van der Waals surface area contributed by atoms with E-state index in [1.165, 1.54) is 0 Å². The Hall–Kier alpha value is -1.55. The van der Waals surface area contributed by atoms with Gasteiger partial charge in [0, 0.05) is 18.7 Å². The molecule has 1 unspecified atom stereocenters. The fourth-order valence-corrected chi connectivity index (χ4v) is 3.23. The predicted octanol–water partition coefficient (Wildman–Crippen LogP) is 2.65. The van der Waals surface area contributed by atoms with Gasteiger partial charge in [0.05, 0.1) is 7.11 Å². The Morgan fingerprint density at radius 1 is 1.40 bits per heavy atom. The Labute approximate surface area is 119 Å². The van der Waals surface area contributed by atoms with E-state index in [-0.39, 0.29) is 0 Å². The molecule has 0 bridgehead atoms. The lowest BCUT2D eigenvalue weighted by Gasteiger charge is -2.41.